The molecule has 2 aliphatic heterocycles. The van der Waals surface area contributed by atoms with Gasteiger partial charge in [0.1, 0.15) is 11.9 Å². The summed E-state index contributed by atoms with van der Waals surface area (Å²) in [7, 11) is -1.10. The van der Waals surface area contributed by atoms with Gasteiger partial charge in [-0.2, -0.15) is 0 Å². The molecule has 2 atom stereocenters. The van der Waals surface area contributed by atoms with Gasteiger partial charge in [0.05, 0.1) is 24.2 Å². The first-order valence-corrected chi connectivity index (χ1v) is 11.5. The molecule has 2 heterocycles. The van der Waals surface area contributed by atoms with Gasteiger partial charge in [0.2, 0.25) is 0 Å². The third-order valence-corrected chi connectivity index (χ3v) is 6.77. The fourth-order valence-electron chi connectivity index (χ4n) is 3.62. The van der Waals surface area contributed by atoms with Crippen LogP contribution in [0.4, 0.5) is 4.39 Å². The van der Waals surface area contributed by atoms with Crippen LogP contribution in [0.15, 0.2) is 29.3 Å². The Kier molecular flexibility index (Phi) is 6.90. The second-order valence-corrected chi connectivity index (χ2v) is 9.66. The largest absolute Gasteiger partial charge is 0.367 e. The van der Waals surface area contributed by atoms with E-state index in [2.05, 4.69) is 20.1 Å². The Bertz CT molecular complexity index is 771. The van der Waals surface area contributed by atoms with Gasteiger partial charge in [-0.15, -0.1) is 0 Å². The lowest BCUT2D eigenvalue weighted by Gasteiger charge is -2.39. The molecule has 0 bridgehead atoms. The zero-order valence-electron chi connectivity index (χ0n) is 16.5. The molecule has 0 spiro atoms. The molecule has 9 heteroatoms. The van der Waals surface area contributed by atoms with E-state index in [9.17, 15) is 12.8 Å². The zero-order chi connectivity index (χ0) is 20.1. The fourth-order valence-corrected chi connectivity index (χ4v) is 4.89. The first-order chi connectivity index (χ1) is 13.4. The van der Waals surface area contributed by atoms with E-state index in [1.807, 2.05) is 6.92 Å². The summed E-state index contributed by atoms with van der Waals surface area (Å²) in [4.78, 5) is 8.71. The SMILES string of the molecule is CN=C(NCCN1CCS(=O)(=O)CC1)N1CC(C)OC(c2ccc(F)cc2)C1. The number of nitrogens with one attached hydrogen (secondary N) is 1. The lowest BCUT2D eigenvalue weighted by molar-refractivity contribution is -0.0605. The van der Waals surface area contributed by atoms with Crippen LogP contribution in [0.1, 0.15) is 18.6 Å². The number of hydrogen-bond donors (Lipinski definition) is 1. The maximum absolute atomic E-state index is 13.2. The van der Waals surface area contributed by atoms with Gasteiger partial charge in [0, 0.05) is 39.8 Å². The number of benzene rings is 1. The van der Waals surface area contributed by atoms with E-state index >= 15 is 0 Å². The topological polar surface area (TPSA) is 74.2 Å². The number of aliphatic imine (C=N–C) groups is 1. The average Bonchev–Trinajstić information content (AvgIpc) is 2.66. The molecule has 156 valence electrons. The number of ether oxygens (including phenoxy) is 1. The van der Waals surface area contributed by atoms with Gasteiger partial charge in [-0.3, -0.25) is 9.89 Å². The number of guanidine groups is 1. The van der Waals surface area contributed by atoms with Crippen LogP contribution in [0, 0.1) is 5.82 Å². The van der Waals surface area contributed by atoms with Crippen LogP contribution in [0.5, 0.6) is 0 Å². The normalized spacial score (nSPS) is 26.2. The number of morpholine rings is 1. The maximum atomic E-state index is 13.2. The summed E-state index contributed by atoms with van der Waals surface area (Å²) in [5.74, 6) is 1.02. The van der Waals surface area contributed by atoms with Crippen LogP contribution < -0.4 is 5.32 Å². The molecule has 3 rings (SSSR count). The van der Waals surface area contributed by atoms with Crippen molar-refractivity contribution in [3.63, 3.8) is 0 Å². The number of sulfone groups is 1. The minimum Gasteiger partial charge on any atom is -0.367 e. The van der Waals surface area contributed by atoms with Crippen molar-refractivity contribution in [1.82, 2.24) is 15.1 Å². The number of nitrogens with zero attached hydrogens (tertiary/aromatic N) is 3. The van der Waals surface area contributed by atoms with E-state index in [1.165, 1.54) is 12.1 Å². The molecule has 0 aromatic heterocycles. The molecule has 0 radical (unpaired) electrons. The van der Waals surface area contributed by atoms with Crippen molar-refractivity contribution in [2.45, 2.75) is 19.1 Å². The predicted octanol–water partition coefficient (Wildman–Crippen LogP) is 0.893. The van der Waals surface area contributed by atoms with Crippen molar-refractivity contribution >= 4 is 15.8 Å². The molecule has 1 aromatic carbocycles. The molecule has 1 aromatic rings. The first-order valence-electron chi connectivity index (χ1n) is 9.65. The van der Waals surface area contributed by atoms with Crippen LogP contribution in [0.25, 0.3) is 0 Å². The van der Waals surface area contributed by atoms with Crippen molar-refractivity contribution in [1.29, 1.82) is 0 Å². The molecule has 0 amide bonds. The summed E-state index contributed by atoms with van der Waals surface area (Å²) in [6.07, 6.45) is -0.121. The highest BCUT2D eigenvalue weighted by atomic mass is 32.2. The summed E-state index contributed by atoms with van der Waals surface area (Å²) in [6, 6.07) is 6.43. The Morgan fingerprint density at radius 1 is 1.25 bits per heavy atom. The minimum atomic E-state index is -2.85. The number of hydrogen-bond acceptors (Lipinski definition) is 5. The molecular weight excluding hydrogens is 383 g/mol. The van der Waals surface area contributed by atoms with Gasteiger partial charge in [-0.25, -0.2) is 12.8 Å². The molecule has 2 fully saturated rings. The standard InChI is InChI=1S/C19H29FN4O3S/c1-15-13-24(14-18(27-15)16-3-5-17(20)6-4-16)19(21-2)22-7-8-23-9-11-28(25,26)12-10-23/h3-6,15,18H,7-14H2,1-2H3,(H,21,22). The summed E-state index contributed by atoms with van der Waals surface area (Å²) < 4.78 is 42.3. The van der Waals surface area contributed by atoms with Crippen LogP contribution in [-0.4, -0.2) is 88.1 Å². The van der Waals surface area contributed by atoms with Gasteiger partial charge >= 0.3 is 0 Å². The Labute approximate surface area is 166 Å². The van der Waals surface area contributed by atoms with Gasteiger partial charge in [-0.1, -0.05) is 12.1 Å². The Morgan fingerprint density at radius 2 is 1.93 bits per heavy atom. The van der Waals surface area contributed by atoms with Crippen LogP contribution >= 0.6 is 0 Å². The van der Waals surface area contributed by atoms with E-state index in [1.54, 1.807) is 19.2 Å². The Morgan fingerprint density at radius 3 is 2.57 bits per heavy atom. The predicted molar refractivity (Wildman–Crippen MR) is 108 cm³/mol. The van der Waals surface area contributed by atoms with E-state index in [0.717, 1.165) is 24.6 Å². The Balaban J connectivity index is 1.53. The highest BCUT2D eigenvalue weighted by molar-refractivity contribution is 7.91. The fraction of sp³-hybridized carbons (Fsp3) is 0.632. The van der Waals surface area contributed by atoms with Gasteiger partial charge < -0.3 is 15.0 Å². The molecule has 2 saturated heterocycles. The Hall–Kier alpha value is -1.71. The molecular formula is C19H29FN4O3S. The summed E-state index contributed by atoms with van der Waals surface area (Å²) in [5.41, 5.74) is 0.947. The van der Waals surface area contributed by atoms with Crippen LogP contribution in [0.2, 0.25) is 0 Å². The molecule has 28 heavy (non-hydrogen) atoms. The van der Waals surface area contributed by atoms with Crippen molar-refractivity contribution in [2.24, 2.45) is 4.99 Å². The van der Waals surface area contributed by atoms with Crippen LogP contribution in [-0.2, 0) is 14.6 Å². The molecule has 0 saturated carbocycles. The number of halogens is 1. The van der Waals surface area contributed by atoms with E-state index in [0.29, 0.717) is 26.2 Å². The summed E-state index contributed by atoms with van der Waals surface area (Å²) in [5, 5.41) is 3.38. The van der Waals surface area contributed by atoms with E-state index in [-0.39, 0.29) is 29.5 Å². The maximum Gasteiger partial charge on any atom is 0.193 e. The molecule has 2 aliphatic rings. The average molecular weight is 413 g/mol. The summed E-state index contributed by atoms with van der Waals surface area (Å²) in [6.45, 7) is 6.02. The van der Waals surface area contributed by atoms with Crippen molar-refractivity contribution < 1.29 is 17.5 Å². The zero-order valence-corrected chi connectivity index (χ0v) is 17.3. The third kappa shape index (κ3) is 5.65. The van der Waals surface area contributed by atoms with Crippen molar-refractivity contribution in [3.05, 3.63) is 35.6 Å². The van der Waals surface area contributed by atoms with E-state index < -0.39 is 9.84 Å². The monoisotopic (exact) mass is 412 g/mol. The molecule has 0 aliphatic carbocycles. The van der Waals surface area contributed by atoms with Gasteiger partial charge in [0.15, 0.2) is 15.8 Å². The highest BCUT2D eigenvalue weighted by Crippen LogP contribution is 2.25. The van der Waals surface area contributed by atoms with Crippen LogP contribution in [0.3, 0.4) is 0 Å². The second-order valence-electron chi connectivity index (χ2n) is 7.36. The minimum absolute atomic E-state index is 0.0228. The highest BCUT2D eigenvalue weighted by Gasteiger charge is 2.28. The van der Waals surface area contributed by atoms with Gasteiger partial charge in [-0.05, 0) is 24.6 Å². The molecule has 7 nitrogen and oxygen atoms in total. The lowest BCUT2D eigenvalue weighted by atomic mass is 10.1. The third-order valence-electron chi connectivity index (χ3n) is 5.16. The quantitative estimate of drug-likeness (QED) is 0.585. The molecule has 2 unspecified atom stereocenters. The van der Waals surface area contributed by atoms with Crippen molar-refractivity contribution in [2.75, 3.05) is 57.8 Å². The lowest BCUT2D eigenvalue weighted by Crippen LogP contribution is -2.52. The summed E-state index contributed by atoms with van der Waals surface area (Å²) >= 11 is 0. The van der Waals surface area contributed by atoms with Gasteiger partial charge in [0.25, 0.3) is 0 Å². The smallest absolute Gasteiger partial charge is 0.193 e. The first kappa shape index (κ1) is 21.0. The van der Waals surface area contributed by atoms with Crippen molar-refractivity contribution in [3.8, 4) is 0 Å². The molecule has 1 N–H and O–H groups in total. The number of rotatable bonds is 4. The van der Waals surface area contributed by atoms with E-state index in [4.69, 9.17) is 4.74 Å². The second kappa shape index (κ2) is 9.19.